The number of hydrogen-bond acceptors (Lipinski definition) is 1. The molecule has 1 rings (SSSR count). The molecule has 1 aromatic carbocycles. The van der Waals surface area contributed by atoms with Crippen LogP contribution in [-0.2, 0) is 31.3 Å². The van der Waals surface area contributed by atoms with Crippen molar-refractivity contribution in [2.45, 2.75) is 19.4 Å². The maximum atomic E-state index is 9.63. The summed E-state index contributed by atoms with van der Waals surface area (Å²) in [6.07, 6.45) is 0.244. The molecule has 1 N–H and O–H groups in total. The van der Waals surface area contributed by atoms with Gasteiger partial charge in [-0.1, -0.05) is 35.9 Å². The van der Waals surface area contributed by atoms with Crippen LogP contribution in [0.3, 0.4) is 0 Å². The third-order valence-electron chi connectivity index (χ3n) is 1.73. The largest absolute Gasteiger partial charge is 0 e. The van der Waals surface area contributed by atoms with Crippen LogP contribution < -0.4 is 0 Å². The van der Waals surface area contributed by atoms with Gasteiger partial charge in [0.2, 0.25) is 0 Å². The van der Waals surface area contributed by atoms with Crippen LogP contribution in [0.15, 0.2) is 42.5 Å². The zero-order valence-corrected chi connectivity index (χ0v) is 11.7. The summed E-state index contributed by atoms with van der Waals surface area (Å²) >= 11 is 0. The third kappa shape index (κ3) is 16.7. The molecule has 0 fully saturated rings. The molecule has 0 bridgehead atoms. The van der Waals surface area contributed by atoms with Crippen molar-refractivity contribution in [1.29, 1.82) is 0 Å². The summed E-state index contributed by atoms with van der Waals surface area (Å²) in [7, 11) is 0. The van der Waals surface area contributed by atoms with Gasteiger partial charge in [-0.05, 0) is 18.9 Å². The normalized spacial score (nSPS) is 8.21. The van der Waals surface area contributed by atoms with Crippen molar-refractivity contribution in [3.8, 4) is 0 Å². The van der Waals surface area contributed by atoms with Gasteiger partial charge in [0.15, 0.2) is 0 Å². The Labute approximate surface area is 124 Å². The van der Waals surface area contributed by atoms with E-state index in [9.17, 15) is 5.11 Å². The number of hydrogen-bond donors (Lipinski definition) is 1. The summed E-state index contributed by atoms with van der Waals surface area (Å²) in [5, 5.41) is 9.63. The van der Waals surface area contributed by atoms with E-state index in [1.54, 1.807) is 0 Å². The van der Waals surface area contributed by atoms with Gasteiger partial charge in [-0.15, -0.1) is 6.58 Å². The summed E-state index contributed by atoms with van der Waals surface area (Å²) in [6.45, 7) is 19.2. The second-order valence-corrected chi connectivity index (χ2v) is 3.09. The minimum atomic E-state index is -0.399. The van der Waals surface area contributed by atoms with Gasteiger partial charge in [-0.2, -0.15) is 0 Å². The Hall–Kier alpha value is -1.33. The standard InChI is InChI=1S/C11H14O.3CO.Cr/c1-9(2)8-11(12)10-6-4-3-5-7-10;3*1-2;/h3-7,11-12H,1,8H2,2H3;;;;/t11-;;;;/m1..../s1. The minimum absolute atomic E-state index is 0. The first-order valence-corrected chi connectivity index (χ1v) is 4.69. The Bertz CT molecular complexity index is 354. The van der Waals surface area contributed by atoms with E-state index in [1.165, 1.54) is 0 Å². The average Bonchev–Trinajstić information content (AvgIpc) is 2.46. The molecule has 1 aromatic rings. The Morgan fingerprint density at radius 2 is 1.47 bits per heavy atom. The number of rotatable bonds is 3. The Kier molecular flexibility index (Phi) is 30.3. The van der Waals surface area contributed by atoms with E-state index >= 15 is 0 Å². The summed E-state index contributed by atoms with van der Waals surface area (Å²) < 4.78 is 22.5. The molecular formula is C14H14CrO4. The molecule has 4 nitrogen and oxygen atoms in total. The van der Waals surface area contributed by atoms with Crippen molar-refractivity contribution in [3.63, 3.8) is 0 Å². The van der Waals surface area contributed by atoms with E-state index in [0.29, 0.717) is 6.42 Å². The fraction of sp³-hybridized carbons (Fsp3) is 0.214. The van der Waals surface area contributed by atoms with Crippen LogP contribution in [0.5, 0.6) is 0 Å². The molecule has 0 unspecified atom stereocenters. The summed E-state index contributed by atoms with van der Waals surface area (Å²) in [5.74, 6) is 0. The van der Waals surface area contributed by atoms with Gasteiger partial charge >= 0.3 is 33.9 Å². The maximum Gasteiger partial charge on any atom is 0 e. The van der Waals surface area contributed by atoms with Crippen molar-refractivity contribution in [3.05, 3.63) is 68.0 Å². The van der Waals surface area contributed by atoms with Crippen LogP contribution in [0.2, 0.25) is 0 Å². The predicted octanol–water partition coefficient (Wildman–Crippen LogP) is 2.57. The second-order valence-electron chi connectivity index (χ2n) is 3.09. The molecular weight excluding hydrogens is 284 g/mol. The molecule has 100 valence electrons. The molecule has 0 aliphatic carbocycles. The van der Waals surface area contributed by atoms with Gasteiger partial charge in [0.25, 0.3) is 0 Å². The first-order chi connectivity index (χ1) is 8.70. The van der Waals surface area contributed by atoms with Gasteiger partial charge in [-0.3, -0.25) is 0 Å². The Morgan fingerprint density at radius 3 is 1.79 bits per heavy atom. The zero-order valence-electron chi connectivity index (χ0n) is 10.5. The van der Waals surface area contributed by atoms with E-state index in [2.05, 4.69) is 26.5 Å². The Balaban J connectivity index is -0.000000142. The van der Waals surface area contributed by atoms with Gasteiger partial charge in [0.1, 0.15) is 0 Å². The fourth-order valence-electron chi connectivity index (χ4n) is 1.12. The quantitative estimate of drug-likeness (QED) is 0.519. The van der Waals surface area contributed by atoms with Crippen molar-refractivity contribution in [2.24, 2.45) is 0 Å². The first kappa shape index (κ1) is 26.3. The van der Waals surface area contributed by atoms with E-state index in [4.69, 9.17) is 14.0 Å². The zero-order chi connectivity index (χ0) is 15.0. The van der Waals surface area contributed by atoms with E-state index in [-0.39, 0.29) is 17.4 Å². The number of benzene rings is 1. The van der Waals surface area contributed by atoms with Crippen LogP contribution in [-0.4, -0.2) is 5.11 Å². The third-order valence-corrected chi connectivity index (χ3v) is 1.73. The van der Waals surface area contributed by atoms with Crippen molar-refractivity contribution >= 4 is 0 Å². The molecule has 0 saturated carbocycles. The minimum Gasteiger partial charge on any atom is 0 e. The monoisotopic (exact) mass is 298 g/mol. The fourth-order valence-corrected chi connectivity index (χ4v) is 1.12. The molecule has 5 heteroatoms. The smallest absolute Gasteiger partial charge is 0 e. The SMILES string of the molecule is C=C(C)C[C@@H](O)c1ccccc1.[C-]#[O+].[C-]#[O+].[C-]#[O+].[Cr]. The summed E-state index contributed by atoms with van der Waals surface area (Å²) in [5.41, 5.74) is 1.96. The maximum absolute atomic E-state index is 9.63. The molecule has 0 aromatic heterocycles. The van der Waals surface area contributed by atoms with Crippen LogP contribution in [0, 0.1) is 20.0 Å². The summed E-state index contributed by atoms with van der Waals surface area (Å²) in [6, 6.07) is 9.64. The van der Waals surface area contributed by atoms with Crippen LogP contribution in [0.25, 0.3) is 0 Å². The van der Waals surface area contributed by atoms with Crippen molar-refractivity contribution in [2.75, 3.05) is 0 Å². The van der Waals surface area contributed by atoms with E-state index in [1.807, 2.05) is 37.3 Å². The molecule has 0 spiro atoms. The molecule has 0 aliphatic rings. The van der Waals surface area contributed by atoms with Gasteiger partial charge < -0.3 is 5.11 Å². The molecule has 0 radical (unpaired) electrons. The number of aliphatic hydroxyl groups excluding tert-OH is 1. The van der Waals surface area contributed by atoms with E-state index < -0.39 is 6.10 Å². The molecule has 1 atom stereocenters. The number of aliphatic hydroxyl groups is 1. The molecule has 0 saturated heterocycles. The van der Waals surface area contributed by atoms with Gasteiger partial charge in [0, 0.05) is 17.4 Å². The van der Waals surface area contributed by atoms with Crippen LogP contribution in [0.1, 0.15) is 25.0 Å². The molecule has 0 heterocycles. The predicted molar refractivity (Wildman–Crippen MR) is 62.6 cm³/mol. The van der Waals surface area contributed by atoms with Crippen LogP contribution in [0.4, 0.5) is 0 Å². The van der Waals surface area contributed by atoms with E-state index in [0.717, 1.165) is 11.1 Å². The van der Waals surface area contributed by atoms with Crippen molar-refractivity contribution in [1.82, 2.24) is 0 Å². The second kappa shape index (κ2) is 21.9. The topological polar surface area (TPSA) is 79.9 Å². The molecule has 19 heavy (non-hydrogen) atoms. The van der Waals surface area contributed by atoms with Crippen LogP contribution >= 0.6 is 0 Å². The Morgan fingerprint density at radius 1 is 1.11 bits per heavy atom. The van der Waals surface area contributed by atoms with Gasteiger partial charge in [0.05, 0.1) is 6.10 Å². The first-order valence-electron chi connectivity index (χ1n) is 4.69. The summed E-state index contributed by atoms with van der Waals surface area (Å²) in [4.78, 5) is 0. The van der Waals surface area contributed by atoms with Gasteiger partial charge in [-0.25, -0.2) is 0 Å². The van der Waals surface area contributed by atoms with Crippen molar-refractivity contribution < 1.29 is 36.4 Å². The molecule has 0 amide bonds. The molecule has 0 aliphatic heterocycles. The average molecular weight is 298 g/mol.